The van der Waals surface area contributed by atoms with E-state index in [2.05, 4.69) is 10.3 Å². The molecule has 0 bridgehead atoms. The predicted molar refractivity (Wildman–Crippen MR) is 76.8 cm³/mol. The van der Waals surface area contributed by atoms with Crippen molar-refractivity contribution in [2.24, 2.45) is 5.92 Å². The smallest absolute Gasteiger partial charge is 0.269 e. The number of imidazole rings is 1. The molecule has 0 radical (unpaired) electrons. The molecule has 1 aromatic carbocycles. The molecular formula is C15H19N3O2. The quantitative estimate of drug-likeness (QED) is 0.840. The van der Waals surface area contributed by atoms with E-state index in [1.54, 1.807) is 17.1 Å². The van der Waals surface area contributed by atoms with Crippen molar-refractivity contribution in [3.8, 4) is 5.69 Å². The van der Waals surface area contributed by atoms with E-state index in [9.17, 15) is 4.79 Å². The number of carbonyl (C=O) groups excluding carboxylic acids is 1. The molecule has 2 aromatic rings. The van der Waals surface area contributed by atoms with Gasteiger partial charge in [-0.3, -0.25) is 9.36 Å². The van der Waals surface area contributed by atoms with Crippen LogP contribution >= 0.6 is 0 Å². The second-order valence-corrected chi connectivity index (χ2v) is 4.81. The fourth-order valence-corrected chi connectivity index (χ4v) is 1.94. The largest absolute Gasteiger partial charge is 0.396 e. The molecule has 1 aromatic heterocycles. The number of amides is 1. The second kappa shape index (κ2) is 6.86. The summed E-state index contributed by atoms with van der Waals surface area (Å²) in [6.07, 6.45) is 3.86. The Bertz CT molecular complexity index is 551. The fourth-order valence-electron chi connectivity index (χ4n) is 1.94. The van der Waals surface area contributed by atoms with Crippen LogP contribution in [0.2, 0.25) is 0 Å². The molecule has 20 heavy (non-hydrogen) atoms. The lowest BCUT2D eigenvalue weighted by Gasteiger charge is -2.12. The lowest BCUT2D eigenvalue weighted by Crippen LogP contribution is -2.30. The van der Waals surface area contributed by atoms with E-state index < -0.39 is 0 Å². The Morgan fingerprint density at radius 2 is 2.15 bits per heavy atom. The zero-order valence-electron chi connectivity index (χ0n) is 11.5. The molecule has 2 N–H and O–H groups in total. The van der Waals surface area contributed by atoms with Gasteiger partial charge in [0.1, 0.15) is 5.69 Å². The van der Waals surface area contributed by atoms with Gasteiger partial charge in [-0.2, -0.15) is 0 Å². The van der Waals surface area contributed by atoms with E-state index in [0.29, 0.717) is 18.7 Å². The van der Waals surface area contributed by atoms with Gasteiger partial charge in [0.15, 0.2) is 0 Å². The van der Waals surface area contributed by atoms with Crippen molar-refractivity contribution in [3.05, 3.63) is 48.5 Å². The number of carbonyl (C=O) groups is 1. The highest BCUT2D eigenvalue weighted by Crippen LogP contribution is 2.10. The number of nitrogens with one attached hydrogen (secondary N) is 1. The minimum Gasteiger partial charge on any atom is -0.396 e. The maximum absolute atomic E-state index is 12.2. The van der Waals surface area contributed by atoms with Crippen LogP contribution in [0.25, 0.3) is 5.69 Å². The van der Waals surface area contributed by atoms with Crippen LogP contribution in [0.4, 0.5) is 0 Å². The van der Waals surface area contributed by atoms with E-state index >= 15 is 0 Å². The number of aliphatic hydroxyl groups is 1. The summed E-state index contributed by atoms with van der Waals surface area (Å²) < 4.78 is 1.76. The Kier molecular flexibility index (Phi) is 4.90. The highest BCUT2D eigenvalue weighted by Gasteiger charge is 2.13. The number of nitrogens with zero attached hydrogens (tertiary/aromatic N) is 2. The van der Waals surface area contributed by atoms with Crippen molar-refractivity contribution in [2.75, 3.05) is 13.2 Å². The molecule has 1 atom stereocenters. The Morgan fingerprint density at radius 3 is 2.85 bits per heavy atom. The first-order valence-corrected chi connectivity index (χ1v) is 6.69. The normalized spacial score (nSPS) is 12.1. The van der Waals surface area contributed by atoms with Gasteiger partial charge < -0.3 is 10.4 Å². The zero-order chi connectivity index (χ0) is 14.4. The van der Waals surface area contributed by atoms with E-state index in [0.717, 1.165) is 5.69 Å². The van der Waals surface area contributed by atoms with Gasteiger partial charge in [-0.15, -0.1) is 0 Å². The monoisotopic (exact) mass is 273 g/mol. The van der Waals surface area contributed by atoms with Crippen molar-refractivity contribution in [2.45, 2.75) is 13.3 Å². The Balaban J connectivity index is 2.07. The van der Waals surface area contributed by atoms with E-state index in [1.807, 2.05) is 37.3 Å². The second-order valence-electron chi connectivity index (χ2n) is 4.81. The van der Waals surface area contributed by atoms with Crippen LogP contribution in [0, 0.1) is 5.92 Å². The summed E-state index contributed by atoms with van der Waals surface area (Å²) in [6.45, 7) is 2.67. The fraction of sp³-hybridized carbons (Fsp3) is 0.333. The summed E-state index contributed by atoms with van der Waals surface area (Å²) in [5.41, 5.74) is 1.41. The van der Waals surface area contributed by atoms with Crippen LogP contribution in [0.3, 0.4) is 0 Å². The van der Waals surface area contributed by atoms with E-state index in [4.69, 9.17) is 5.11 Å². The summed E-state index contributed by atoms with van der Waals surface area (Å²) in [5.74, 6) is 0.0909. The van der Waals surface area contributed by atoms with Crippen molar-refractivity contribution in [1.82, 2.24) is 14.9 Å². The third-order valence-electron chi connectivity index (χ3n) is 3.14. The molecular weight excluding hydrogens is 254 g/mol. The van der Waals surface area contributed by atoms with Gasteiger partial charge in [-0.05, 0) is 24.5 Å². The minimum absolute atomic E-state index is 0.138. The SMILES string of the molecule is CC(CCO)CNC(=O)c1cncn1-c1ccccc1. The van der Waals surface area contributed by atoms with Crippen LogP contribution in [0.15, 0.2) is 42.9 Å². The van der Waals surface area contributed by atoms with Crippen LogP contribution in [0.1, 0.15) is 23.8 Å². The van der Waals surface area contributed by atoms with Gasteiger partial charge in [0.2, 0.25) is 0 Å². The van der Waals surface area contributed by atoms with E-state index in [1.165, 1.54) is 0 Å². The number of hydrogen-bond acceptors (Lipinski definition) is 3. The van der Waals surface area contributed by atoms with E-state index in [-0.39, 0.29) is 18.4 Å². The molecule has 2 rings (SSSR count). The molecule has 0 fully saturated rings. The Labute approximate surface area is 118 Å². The van der Waals surface area contributed by atoms with Crippen LogP contribution in [-0.4, -0.2) is 33.7 Å². The van der Waals surface area contributed by atoms with Gasteiger partial charge >= 0.3 is 0 Å². The van der Waals surface area contributed by atoms with Crippen molar-refractivity contribution in [1.29, 1.82) is 0 Å². The van der Waals surface area contributed by atoms with Gasteiger partial charge in [0, 0.05) is 18.8 Å². The number of benzene rings is 1. The topological polar surface area (TPSA) is 67.2 Å². The number of aromatic nitrogens is 2. The van der Waals surface area contributed by atoms with Crippen molar-refractivity contribution < 1.29 is 9.90 Å². The van der Waals surface area contributed by atoms with Crippen LogP contribution in [0.5, 0.6) is 0 Å². The Hall–Kier alpha value is -2.14. The maximum atomic E-state index is 12.2. The highest BCUT2D eigenvalue weighted by molar-refractivity contribution is 5.92. The average Bonchev–Trinajstić information content (AvgIpc) is 2.95. The summed E-state index contributed by atoms with van der Waals surface area (Å²) in [5, 5.41) is 11.7. The first-order chi connectivity index (χ1) is 9.72. The number of aliphatic hydroxyl groups excluding tert-OH is 1. The third kappa shape index (κ3) is 3.45. The number of rotatable bonds is 6. The van der Waals surface area contributed by atoms with Crippen LogP contribution in [-0.2, 0) is 0 Å². The molecule has 0 aliphatic rings. The molecule has 1 heterocycles. The molecule has 0 aliphatic heterocycles. The molecule has 106 valence electrons. The van der Waals surface area contributed by atoms with Gasteiger partial charge in [-0.1, -0.05) is 25.1 Å². The van der Waals surface area contributed by atoms with Crippen molar-refractivity contribution in [3.63, 3.8) is 0 Å². The average molecular weight is 273 g/mol. The summed E-state index contributed by atoms with van der Waals surface area (Å²) in [6, 6.07) is 9.61. The maximum Gasteiger partial charge on any atom is 0.269 e. The van der Waals surface area contributed by atoms with Gasteiger partial charge in [0.25, 0.3) is 5.91 Å². The molecule has 5 heteroatoms. The molecule has 5 nitrogen and oxygen atoms in total. The third-order valence-corrected chi connectivity index (χ3v) is 3.14. The van der Waals surface area contributed by atoms with Gasteiger partial charge in [-0.25, -0.2) is 4.98 Å². The molecule has 0 saturated heterocycles. The lowest BCUT2D eigenvalue weighted by molar-refractivity contribution is 0.0938. The molecule has 1 unspecified atom stereocenters. The first kappa shape index (κ1) is 14.3. The standard InChI is InChI=1S/C15H19N3O2/c1-12(7-8-19)9-17-15(20)14-10-16-11-18(14)13-5-3-2-4-6-13/h2-6,10-12,19H,7-9H2,1H3,(H,17,20). The molecule has 1 amide bonds. The number of para-hydroxylation sites is 1. The molecule has 0 spiro atoms. The predicted octanol–water partition coefficient (Wildman–Crippen LogP) is 1.62. The lowest BCUT2D eigenvalue weighted by atomic mass is 10.1. The molecule has 0 saturated carbocycles. The summed E-state index contributed by atoms with van der Waals surface area (Å²) >= 11 is 0. The Morgan fingerprint density at radius 1 is 1.40 bits per heavy atom. The highest BCUT2D eigenvalue weighted by atomic mass is 16.3. The van der Waals surface area contributed by atoms with Crippen LogP contribution < -0.4 is 5.32 Å². The summed E-state index contributed by atoms with van der Waals surface area (Å²) in [4.78, 5) is 16.2. The number of hydrogen-bond donors (Lipinski definition) is 2. The minimum atomic E-state index is -0.156. The zero-order valence-corrected chi connectivity index (χ0v) is 11.5. The first-order valence-electron chi connectivity index (χ1n) is 6.69. The van der Waals surface area contributed by atoms with Crippen molar-refractivity contribution >= 4 is 5.91 Å². The molecule has 0 aliphatic carbocycles. The summed E-state index contributed by atoms with van der Waals surface area (Å²) in [7, 11) is 0. The van der Waals surface area contributed by atoms with Gasteiger partial charge in [0.05, 0.1) is 12.5 Å².